The minimum Gasteiger partial charge on any atom is -0.467 e. The fourth-order valence-electron chi connectivity index (χ4n) is 3.57. The molecular formula is C22H22N4O3. The highest BCUT2D eigenvalue weighted by molar-refractivity contribution is 6.35. The van der Waals surface area contributed by atoms with Crippen LogP contribution in [0.5, 0.6) is 0 Å². The monoisotopic (exact) mass is 390 g/mol. The van der Waals surface area contributed by atoms with Crippen molar-refractivity contribution < 1.29 is 14.0 Å². The van der Waals surface area contributed by atoms with Crippen molar-refractivity contribution in [3.05, 3.63) is 84.1 Å². The highest BCUT2D eigenvalue weighted by Crippen LogP contribution is 2.34. The summed E-state index contributed by atoms with van der Waals surface area (Å²) in [6.07, 6.45) is 5.84. The molecule has 3 aromatic rings. The van der Waals surface area contributed by atoms with E-state index in [1.807, 2.05) is 24.3 Å². The predicted molar refractivity (Wildman–Crippen MR) is 108 cm³/mol. The first kappa shape index (κ1) is 18.7. The van der Waals surface area contributed by atoms with Gasteiger partial charge in [-0.25, -0.2) is 0 Å². The zero-order valence-corrected chi connectivity index (χ0v) is 15.9. The van der Waals surface area contributed by atoms with Gasteiger partial charge in [0, 0.05) is 37.7 Å². The Morgan fingerprint density at radius 1 is 1.03 bits per heavy atom. The summed E-state index contributed by atoms with van der Waals surface area (Å²) in [6, 6.07) is 15.3. The van der Waals surface area contributed by atoms with Crippen molar-refractivity contribution in [1.29, 1.82) is 0 Å². The second-order valence-electron chi connectivity index (χ2n) is 6.85. The van der Waals surface area contributed by atoms with Crippen LogP contribution in [0.15, 0.2) is 71.6 Å². The first-order chi connectivity index (χ1) is 14.2. The van der Waals surface area contributed by atoms with Crippen LogP contribution in [0.25, 0.3) is 0 Å². The Kier molecular flexibility index (Phi) is 5.56. The molecular weight excluding hydrogens is 368 g/mol. The predicted octanol–water partition coefficient (Wildman–Crippen LogP) is 2.21. The van der Waals surface area contributed by atoms with Crippen molar-refractivity contribution in [3.8, 4) is 0 Å². The number of carbonyl (C=O) groups excluding carboxylic acids is 2. The fourth-order valence-corrected chi connectivity index (χ4v) is 3.57. The molecule has 2 aromatic heterocycles. The van der Waals surface area contributed by atoms with E-state index in [0.717, 1.165) is 30.0 Å². The Balaban J connectivity index is 1.40. The van der Waals surface area contributed by atoms with E-state index in [1.54, 1.807) is 30.8 Å². The molecule has 0 spiro atoms. The molecule has 0 unspecified atom stereocenters. The highest BCUT2D eigenvalue weighted by atomic mass is 16.3. The van der Waals surface area contributed by atoms with Gasteiger partial charge < -0.3 is 20.0 Å². The highest BCUT2D eigenvalue weighted by Gasteiger charge is 2.29. The Morgan fingerprint density at radius 3 is 2.62 bits per heavy atom. The molecule has 0 saturated heterocycles. The Labute approximate surface area is 168 Å². The van der Waals surface area contributed by atoms with Crippen molar-refractivity contribution >= 4 is 17.5 Å². The number of furan rings is 1. The average molecular weight is 390 g/mol. The number of fused-ring (bicyclic) bond motifs is 1. The second kappa shape index (κ2) is 8.60. The van der Waals surface area contributed by atoms with Gasteiger partial charge in [-0.3, -0.25) is 14.6 Å². The molecule has 0 fully saturated rings. The van der Waals surface area contributed by atoms with Gasteiger partial charge in [-0.2, -0.15) is 0 Å². The normalized spacial score (nSPS) is 13.6. The molecule has 29 heavy (non-hydrogen) atoms. The molecule has 2 N–H and O–H groups in total. The lowest BCUT2D eigenvalue weighted by Crippen LogP contribution is -2.43. The number of nitrogens with one attached hydrogen (secondary N) is 2. The summed E-state index contributed by atoms with van der Waals surface area (Å²) in [5, 5.41) is 5.38. The maximum Gasteiger partial charge on any atom is 0.309 e. The molecule has 0 aliphatic carbocycles. The Bertz CT molecular complexity index is 973. The summed E-state index contributed by atoms with van der Waals surface area (Å²) in [5.41, 5.74) is 3.28. The standard InChI is InChI=1S/C22H22N4O3/c27-21(24-14-16-7-10-23-11-8-16)22(28)25-15-19(20-6-3-13-29-20)26-12-9-17-4-1-2-5-18(17)26/h1-8,10-11,13,19H,9,12,14-15H2,(H,24,27)(H,25,28)/t19-/m1/s1. The third-order valence-corrected chi connectivity index (χ3v) is 5.04. The molecule has 2 amide bonds. The van der Waals surface area contributed by atoms with Gasteiger partial charge in [-0.1, -0.05) is 18.2 Å². The summed E-state index contributed by atoms with van der Waals surface area (Å²) in [7, 11) is 0. The van der Waals surface area contributed by atoms with Crippen LogP contribution in [0.2, 0.25) is 0 Å². The number of hydrogen-bond acceptors (Lipinski definition) is 5. The number of amides is 2. The first-order valence-electron chi connectivity index (χ1n) is 9.55. The lowest BCUT2D eigenvalue weighted by molar-refractivity contribution is -0.139. The second-order valence-corrected chi connectivity index (χ2v) is 6.85. The number of rotatable bonds is 6. The summed E-state index contributed by atoms with van der Waals surface area (Å²) >= 11 is 0. The quantitative estimate of drug-likeness (QED) is 0.630. The molecule has 3 heterocycles. The van der Waals surface area contributed by atoms with Crippen LogP contribution in [0.4, 0.5) is 5.69 Å². The van der Waals surface area contributed by atoms with Crippen LogP contribution in [-0.4, -0.2) is 29.9 Å². The van der Waals surface area contributed by atoms with Crippen LogP contribution in [0, 0.1) is 0 Å². The third-order valence-electron chi connectivity index (χ3n) is 5.04. The number of aromatic nitrogens is 1. The number of hydrogen-bond donors (Lipinski definition) is 2. The van der Waals surface area contributed by atoms with Crippen molar-refractivity contribution in [1.82, 2.24) is 15.6 Å². The number of pyridine rings is 1. The van der Waals surface area contributed by atoms with Crippen molar-refractivity contribution in [2.75, 3.05) is 18.0 Å². The molecule has 4 rings (SSSR count). The van der Waals surface area contributed by atoms with Gasteiger partial charge in [0.25, 0.3) is 0 Å². The molecule has 0 saturated carbocycles. The number of anilines is 1. The van der Waals surface area contributed by atoms with Crippen LogP contribution in [0.1, 0.15) is 22.9 Å². The number of para-hydroxylation sites is 1. The van der Waals surface area contributed by atoms with Crippen LogP contribution >= 0.6 is 0 Å². The van der Waals surface area contributed by atoms with Crippen molar-refractivity contribution in [2.45, 2.75) is 19.0 Å². The summed E-state index contributed by atoms with van der Waals surface area (Å²) in [5.74, 6) is -0.580. The molecule has 0 bridgehead atoms. The van der Waals surface area contributed by atoms with E-state index in [9.17, 15) is 9.59 Å². The van der Waals surface area contributed by atoms with E-state index in [-0.39, 0.29) is 19.1 Å². The van der Waals surface area contributed by atoms with Gasteiger partial charge in [0.15, 0.2) is 0 Å². The first-order valence-corrected chi connectivity index (χ1v) is 9.55. The zero-order valence-electron chi connectivity index (χ0n) is 15.9. The lowest BCUT2D eigenvalue weighted by Gasteiger charge is -2.29. The van der Waals surface area contributed by atoms with Gasteiger partial charge in [0.05, 0.1) is 6.26 Å². The SMILES string of the molecule is O=C(NCc1ccncc1)C(=O)NC[C@H](c1ccco1)N1CCc2ccccc21. The van der Waals surface area contributed by atoms with E-state index >= 15 is 0 Å². The molecule has 1 aliphatic rings. The topological polar surface area (TPSA) is 87.5 Å². The number of nitrogens with zero attached hydrogens (tertiary/aromatic N) is 2. The van der Waals surface area contributed by atoms with E-state index in [4.69, 9.17) is 4.42 Å². The summed E-state index contributed by atoms with van der Waals surface area (Å²) in [6.45, 7) is 1.37. The van der Waals surface area contributed by atoms with E-state index in [2.05, 4.69) is 32.7 Å². The van der Waals surface area contributed by atoms with Crippen LogP contribution in [-0.2, 0) is 22.6 Å². The Hall–Kier alpha value is -3.61. The molecule has 148 valence electrons. The largest absolute Gasteiger partial charge is 0.467 e. The van der Waals surface area contributed by atoms with Gasteiger partial charge in [-0.15, -0.1) is 0 Å². The number of benzene rings is 1. The van der Waals surface area contributed by atoms with Crippen molar-refractivity contribution in [2.24, 2.45) is 0 Å². The van der Waals surface area contributed by atoms with Gasteiger partial charge >= 0.3 is 11.8 Å². The van der Waals surface area contributed by atoms with Crippen molar-refractivity contribution in [3.63, 3.8) is 0 Å². The smallest absolute Gasteiger partial charge is 0.309 e. The Morgan fingerprint density at radius 2 is 1.83 bits per heavy atom. The molecule has 7 nitrogen and oxygen atoms in total. The lowest BCUT2D eigenvalue weighted by atomic mass is 10.1. The maximum absolute atomic E-state index is 12.3. The maximum atomic E-state index is 12.3. The molecule has 1 aliphatic heterocycles. The van der Waals surface area contributed by atoms with E-state index in [0.29, 0.717) is 0 Å². The average Bonchev–Trinajstić information content (AvgIpc) is 3.44. The zero-order chi connectivity index (χ0) is 20.1. The van der Waals surface area contributed by atoms with E-state index < -0.39 is 11.8 Å². The van der Waals surface area contributed by atoms with Gasteiger partial charge in [0.2, 0.25) is 0 Å². The minimum atomic E-state index is -0.665. The molecule has 1 atom stereocenters. The fraction of sp³-hybridized carbons (Fsp3) is 0.227. The molecule has 7 heteroatoms. The molecule has 1 aromatic carbocycles. The third kappa shape index (κ3) is 4.29. The molecule has 0 radical (unpaired) electrons. The van der Waals surface area contributed by atoms with Gasteiger partial charge in [0.1, 0.15) is 11.8 Å². The minimum absolute atomic E-state index is 0.189. The number of carbonyl (C=O) groups is 2. The van der Waals surface area contributed by atoms with E-state index in [1.165, 1.54) is 5.56 Å². The summed E-state index contributed by atoms with van der Waals surface area (Å²) in [4.78, 5) is 30.6. The summed E-state index contributed by atoms with van der Waals surface area (Å²) < 4.78 is 5.62. The van der Waals surface area contributed by atoms with Gasteiger partial charge in [-0.05, 0) is 47.9 Å². The van der Waals surface area contributed by atoms with Crippen LogP contribution in [0.3, 0.4) is 0 Å². The van der Waals surface area contributed by atoms with Crippen LogP contribution < -0.4 is 15.5 Å².